The van der Waals surface area contributed by atoms with Gasteiger partial charge >= 0.3 is 0 Å². The Hall–Kier alpha value is -2.12. The number of piperazine rings is 1. The molecule has 1 fully saturated rings. The third-order valence-corrected chi connectivity index (χ3v) is 5.46. The quantitative estimate of drug-likeness (QED) is 0.427. The number of aliphatic imine (C=N–C) groups is 1. The molecule has 1 aliphatic heterocycles. The monoisotopic (exact) mass is 402 g/mol. The second-order valence-corrected chi connectivity index (χ2v) is 7.50. The van der Waals surface area contributed by atoms with Crippen LogP contribution in [0.4, 0.5) is 0 Å². The molecule has 29 heavy (non-hydrogen) atoms. The van der Waals surface area contributed by atoms with Crippen LogP contribution in [-0.2, 0) is 6.42 Å². The first-order valence-corrected chi connectivity index (χ1v) is 10.9. The maximum Gasteiger partial charge on any atom is 0.251 e. The fourth-order valence-corrected chi connectivity index (χ4v) is 3.54. The van der Waals surface area contributed by atoms with E-state index in [1.807, 2.05) is 18.2 Å². The first kappa shape index (κ1) is 23.2. The predicted octanol–water partition coefficient (Wildman–Crippen LogP) is 1.17. The van der Waals surface area contributed by atoms with Crippen molar-refractivity contribution in [3.05, 3.63) is 35.4 Å². The van der Waals surface area contributed by atoms with E-state index in [0.29, 0.717) is 11.6 Å². The summed E-state index contributed by atoms with van der Waals surface area (Å²) in [5.41, 5.74) is 1.83. The highest BCUT2D eigenvalue weighted by molar-refractivity contribution is 5.94. The summed E-state index contributed by atoms with van der Waals surface area (Å²) >= 11 is 0. The maximum atomic E-state index is 11.8. The number of nitrogens with zero attached hydrogens (tertiary/aromatic N) is 3. The zero-order valence-corrected chi connectivity index (χ0v) is 18.5. The van der Waals surface area contributed by atoms with Gasteiger partial charge in [-0.15, -0.1) is 0 Å². The van der Waals surface area contributed by atoms with Gasteiger partial charge in [0, 0.05) is 57.9 Å². The number of carbonyl (C=O) groups excluding carboxylic acids is 1. The molecular formula is C22H38N6O. The van der Waals surface area contributed by atoms with Gasteiger partial charge in [0.15, 0.2) is 5.96 Å². The zero-order chi connectivity index (χ0) is 21.1. The zero-order valence-electron chi connectivity index (χ0n) is 18.5. The number of carbonyl (C=O) groups is 1. The normalized spacial score (nSPS) is 17.0. The van der Waals surface area contributed by atoms with Crippen molar-refractivity contribution in [3.8, 4) is 0 Å². The van der Waals surface area contributed by atoms with Crippen LogP contribution in [-0.4, -0.2) is 87.1 Å². The van der Waals surface area contributed by atoms with Crippen molar-refractivity contribution < 1.29 is 4.79 Å². The molecule has 1 heterocycles. The van der Waals surface area contributed by atoms with Crippen LogP contribution < -0.4 is 16.0 Å². The van der Waals surface area contributed by atoms with Crippen LogP contribution >= 0.6 is 0 Å². The molecular weight excluding hydrogens is 364 g/mol. The van der Waals surface area contributed by atoms with Gasteiger partial charge in [-0.1, -0.05) is 19.1 Å². The fraction of sp³-hybridized carbons (Fsp3) is 0.636. The van der Waals surface area contributed by atoms with E-state index >= 15 is 0 Å². The van der Waals surface area contributed by atoms with E-state index in [4.69, 9.17) is 4.99 Å². The van der Waals surface area contributed by atoms with E-state index in [1.54, 1.807) is 7.05 Å². The first-order valence-electron chi connectivity index (χ1n) is 10.9. The molecule has 1 unspecified atom stereocenters. The maximum absolute atomic E-state index is 11.8. The van der Waals surface area contributed by atoms with Crippen molar-refractivity contribution in [2.45, 2.75) is 33.2 Å². The van der Waals surface area contributed by atoms with Crippen LogP contribution in [0.1, 0.15) is 36.7 Å². The van der Waals surface area contributed by atoms with E-state index < -0.39 is 0 Å². The SMILES string of the molecule is CCNC(=NCC(C)N1CCN(CC)CC1)NCCc1cccc(C(=O)NC)c1. The first-order chi connectivity index (χ1) is 14.1. The van der Waals surface area contributed by atoms with Crippen LogP contribution in [0, 0.1) is 0 Å². The Morgan fingerprint density at radius 3 is 2.59 bits per heavy atom. The Morgan fingerprint density at radius 1 is 1.17 bits per heavy atom. The average molecular weight is 403 g/mol. The van der Waals surface area contributed by atoms with E-state index in [1.165, 1.54) is 0 Å². The lowest BCUT2D eigenvalue weighted by Crippen LogP contribution is -2.50. The van der Waals surface area contributed by atoms with Crippen molar-refractivity contribution in [3.63, 3.8) is 0 Å². The summed E-state index contributed by atoms with van der Waals surface area (Å²) in [6.45, 7) is 14.6. The van der Waals surface area contributed by atoms with Gasteiger partial charge in [-0.3, -0.25) is 14.7 Å². The van der Waals surface area contributed by atoms with Crippen molar-refractivity contribution in [2.75, 3.05) is 59.4 Å². The molecule has 2 rings (SSSR count). The van der Waals surface area contributed by atoms with Crippen molar-refractivity contribution in [1.29, 1.82) is 0 Å². The molecule has 0 aliphatic carbocycles. The van der Waals surface area contributed by atoms with E-state index in [2.05, 4.69) is 52.6 Å². The van der Waals surface area contributed by atoms with Gasteiger partial charge in [0.05, 0.1) is 6.54 Å². The summed E-state index contributed by atoms with van der Waals surface area (Å²) < 4.78 is 0. The molecule has 0 saturated carbocycles. The van der Waals surface area contributed by atoms with Gasteiger partial charge in [-0.25, -0.2) is 0 Å². The summed E-state index contributed by atoms with van der Waals surface area (Å²) in [5.74, 6) is 0.803. The highest BCUT2D eigenvalue weighted by atomic mass is 16.1. The van der Waals surface area contributed by atoms with Crippen LogP contribution in [0.5, 0.6) is 0 Å². The number of nitrogens with one attached hydrogen (secondary N) is 3. The fourth-order valence-electron chi connectivity index (χ4n) is 3.54. The minimum atomic E-state index is -0.0523. The lowest BCUT2D eigenvalue weighted by atomic mass is 10.1. The Labute approximate surface area is 175 Å². The second-order valence-electron chi connectivity index (χ2n) is 7.50. The Morgan fingerprint density at radius 2 is 1.93 bits per heavy atom. The number of benzene rings is 1. The Balaban J connectivity index is 1.82. The summed E-state index contributed by atoms with van der Waals surface area (Å²) in [6, 6.07) is 8.20. The average Bonchev–Trinajstić information content (AvgIpc) is 2.77. The molecule has 0 bridgehead atoms. The highest BCUT2D eigenvalue weighted by Gasteiger charge is 2.19. The third-order valence-electron chi connectivity index (χ3n) is 5.46. The number of guanidine groups is 1. The number of hydrogen-bond acceptors (Lipinski definition) is 4. The highest BCUT2D eigenvalue weighted by Crippen LogP contribution is 2.07. The van der Waals surface area contributed by atoms with Gasteiger partial charge in [-0.2, -0.15) is 0 Å². The Bertz CT molecular complexity index is 654. The topological polar surface area (TPSA) is 72.0 Å². The molecule has 1 aliphatic rings. The number of hydrogen-bond donors (Lipinski definition) is 3. The molecule has 3 N–H and O–H groups in total. The minimum absolute atomic E-state index is 0.0523. The molecule has 162 valence electrons. The molecule has 1 aromatic rings. The summed E-state index contributed by atoms with van der Waals surface area (Å²) in [7, 11) is 1.65. The molecule has 1 aromatic carbocycles. The molecule has 7 heteroatoms. The van der Waals surface area contributed by atoms with E-state index in [0.717, 1.165) is 70.3 Å². The standard InChI is InChI=1S/C22H38N6O/c1-5-24-22(26-17-18(3)28-14-12-27(6-2)13-15-28)25-11-10-19-8-7-9-20(16-19)21(29)23-4/h7-9,16,18H,5-6,10-15,17H2,1-4H3,(H,23,29)(H2,24,25,26). The molecule has 1 amide bonds. The van der Waals surface area contributed by atoms with Crippen molar-refractivity contribution in [2.24, 2.45) is 4.99 Å². The summed E-state index contributed by atoms with van der Waals surface area (Å²) in [4.78, 5) is 21.6. The molecule has 0 aromatic heterocycles. The van der Waals surface area contributed by atoms with Crippen molar-refractivity contribution in [1.82, 2.24) is 25.8 Å². The molecule has 1 atom stereocenters. The van der Waals surface area contributed by atoms with E-state index in [-0.39, 0.29) is 5.91 Å². The van der Waals surface area contributed by atoms with Gasteiger partial charge < -0.3 is 20.9 Å². The van der Waals surface area contributed by atoms with Gasteiger partial charge in [0.1, 0.15) is 0 Å². The number of rotatable bonds is 9. The molecule has 0 spiro atoms. The van der Waals surface area contributed by atoms with E-state index in [9.17, 15) is 4.79 Å². The van der Waals surface area contributed by atoms with Crippen LogP contribution in [0.15, 0.2) is 29.3 Å². The smallest absolute Gasteiger partial charge is 0.251 e. The summed E-state index contributed by atoms with van der Waals surface area (Å²) in [5, 5.41) is 9.42. The lowest BCUT2D eigenvalue weighted by Gasteiger charge is -2.37. The van der Waals surface area contributed by atoms with Crippen LogP contribution in [0.3, 0.4) is 0 Å². The van der Waals surface area contributed by atoms with Crippen LogP contribution in [0.2, 0.25) is 0 Å². The van der Waals surface area contributed by atoms with Gasteiger partial charge in [0.25, 0.3) is 5.91 Å². The summed E-state index contributed by atoms with van der Waals surface area (Å²) in [6.07, 6.45) is 0.837. The Kier molecular flexibility index (Phi) is 9.94. The third kappa shape index (κ3) is 7.66. The van der Waals surface area contributed by atoms with Gasteiger partial charge in [0.2, 0.25) is 0 Å². The lowest BCUT2D eigenvalue weighted by molar-refractivity contribution is 0.0963. The molecule has 7 nitrogen and oxygen atoms in total. The van der Waals surface area contributed by atoms with Crippen LogP contribution in [0.25, 0.3) is 0 Å². The van der Waals surface area contributed by atoms with Crippen molar-refractivity contribution >= 4 is 11.9 Å². The predicted molar refractivity (Wildman–Crippen MR) is 121 cm³/mol. The number of likely N-dealkylation sites (N-methyl/N-ethyl adjacent to an activating group) is 1. The number of amides is 1. The minimum Gasteiger partial charge on any atom is -0.357 e. The molecule has 1 saturated heterocycles. The molecule has 0 radical (unpaired) electrons. The van der Waals surface area contributed by atoms with Gasteiger partial charge in [-0.05, 0) is 44.5 Å². The largest absolute Gasteiger partial charge is 0.357 e. The second kappa shape index (κ2) is 12.4.